The monoisotopic (exact) mass is 160 g/mol. The van der Waals surface area contributed by atoms with Crippen LogP contribution in [0.25, 0.3) is 0 Å². The van der Waals surface area contributed by atoms with E-state index in [0.717, 1.165) is 6.54 Å². The van der Waals surface area contributed by atoms with Gasteiger partial charge in [0.05, 0.1) is 0 Å². The molecule has 1 aromatic carbocycles. The molecule has 1 aromatic rings. The van der Waals surface area contributed by atoms with Gasteiger partial charge in [0, 0.05) is 12.6 Å². The predicted molar refractivity (Wildman–Crippen MR) is 50.4 cm³/mol. The van der Waals surface area contributed by atoms with Gasteiger partial charge in [0.1, 0.15) is 0 Å². The summed E-state index contributed by atoms with van der Waals surface area (Å²) in [4.78, 5) is 2.36. The lowest BCUT2D eigenvalue weighted by Crippen LogP contribution is -2.14. The molecule has 2 rings (SSSR count). The molecule has 0 unspecified atom stereocenters. The fourth-order valence-electron chi connectivity index (χ4n) is 1.41. The molecule has 1 nitrogen and oxygen atoms in total. The molecular weight excluding hydrogens is 146 g/mol. The first kappa shape index (κ1) is 7.81. The van der Waals surface area contributed by atoms with Gasteiger partial charge in [-0.2, -0.15) is 0 Å². The average molecular weight is 160 g/mol. The summed E-state index contributed by atoms with van der Waals surface area (Å²) in [5.41, 5.74) is 1.40. The Morgan fingerprint density at radius 1 is 1.17 bits per heavy atom. The smallest absolute Gasteiger partial charge is 0.0395 e. The maximum absolute atomic E-state index is 2.36. The predicted octanol–water partition coefficient (Wildman–Crippen LogP) is 2.44. The second-order valence-corrected chi connectivity index (χ2v) is 3.41. The largest absolute Gasteiger partial charge is 0.295 e. The van der Waals surface area contributed by atoms with E-state index in [2.05, 4.69) is 42.3 Å². The van der Waals surface area contributed by atoms with Gasteiger partial charge < -0.3 is 0 Å². The number of benzene rings is 1. The number of hydrogen-bond donors (Lipinski definition) is 0. The first-order valence-electron chi connectivity index (χ1n) is 4.46. The van der Waals surface area contributed by atoms with E-state index in [0.29, 0.717) is 0 Å². The lowest BCUT2D eigenvalue weighted by atomic mass is 10.2. The maximum atomic E-state index is 2.36. The van der Waals surface area contributed by atoms with Crippen LogP contribution in [0.3, 0.4) is 0 Å². The summed E-state index contributed by atoms with van der Waals surface area (Å²) in [6.45, 7) is 1.07. The van der Waals surface area contributed by atoms with E-state index in [-0.39, 0.29) is 0 Å². The third-order valence-corrected chi connectivity index (χ3v) is 2.28. The van der Waals surface area contributed by atoms with Crippen molar-refractivity contribution < 1.29 is 0 Å². The van der Waals surface area contributed by atoms with Crippen LogP contribution in [0.5, 0.6) is 0 Å². The average Bonchev–Trinajstić information content (AvgIpc) is 2.88. The Kier molecular flexibility index (Phi) is 2.13. The zero-order valence-electron chi connectivity index (χ0n) is 7.46. The van der Waals surface area contributed by atoms with Gasteiger partial charge in [-0.05, 0) is 25.5 Å². The van der Waals surface area contributed by atoms with Gasteiger partial charge in [-0.1, -0.05) is 30.3 Å². The summed E-state index contributed by atoms with van der Waals surface area (Å²) in [5, 5.41) is 0. The molecule has 0 aliphatic heterocycles. The molecule has 0 saturated heterocycles. The fourth-order valence-corrected chi connectivity index (χ4v) is 1.41. The summed E-state index contributed by atoms with van der Waals surface area (Å²) < 4.78 is 0. The minimum absolute atomic E-state index is 1.07. The fraction of sp³-hybridized carbons (Fsp3) is 0.364. The van der Waals surface area contributed by atoms with E-state index in [1.807, 2.05) is 0 Å². The number of hydrogen-bond acceptors (Lipinski definition) is 1. The van der Waals surface area contributed by atoms with E-state index < -0.39 is 0 Å². The topological polar surface area (TPSA) is 3.24 Å². The van der Waals surface area contributed by atoms with E-state index in [4.69, 9.17) is 0 Å². The van der Waals surface area contributed by atoms with Gasteiger partial charge in [-0.15, -0.1) is 0 Å². The summed E-state index contributed by atoms with van der Waals surface area (Å²) in [6.07, 6.45) is 2.62. The van der Waals surface area contributed by atoms with Crippen LogP contribution in [0.1, 0.15) is 18.4 Å². The molecule has 0 atom stereocenters. The molecule has 0 aromatic heterocycles. The van der Waals surface area contributed by atoms with Crippen molar-refractivity contribution in [2.45, 2.75) is 19.4 Å². The van der Waals surface area contributed by atoms with Crippen LogP contribution in [-0.2, 0) is 6.54 Å². The standard InChI is InChI=1S/C11H14N/c1-12(11-7-8-11)9-10-5-3-2-4-6-10/h2-6H,7-9H2,1H3. The zero-order chi connectivity index (χ0) is 8.39. The highest BCUT2D eigenvalue weighted by Gasteiger charge is 2.26. The van der Waals surface area contributed by atoms with Gasteiger partial charge in [0.2, 0.25) is 0 Å². The molecule has 0 heterocycles. The molecule has 1 saturated carbocycles. The van der Waals surface area contributed by atoms with Crippen molar-refractivity contribution >= 4 is 0 Å². The maximum Gasteiger partial charge on any atom is 0.0395 e. The van der Waals surface area contributed by atoms with Gasteiger partial charge in [-0.25, -0.2) is 0 Å². The van der Waals surface area contributed by atoms with Gasteiger partial charge in [-0.3, -0.25) is 4.90 Å². The second-order valence-electron chi connectivity index (χ2n) is 3.41. The summed E-state index contributed by atoms with van der Waals surface area (Å²) in [7, 11) is 2.18. The minimum Gasteiger partial charge on any atom is -0.295 e. The van der Waals surface area contributed by atoms with Crippen molar-refractivity contribution in [3.63, 3.8) is 0 Å². The third-order valence-electron chi connectivity index (χ3n) is 2.28. The highest BCUT2D eigenvalue weighted by atomic mass is 15.1. The van der Waals surface area contributed by atoms with Crippen LogP contribution in [0.4, 0.5) is 0 Å². The Morgan fingerprint density at radius 3 is 2.42 bits per heavy atom. The molecular formula is C11H14N. The van der Waals surface area contributed by atoms with Crippen molar-refractivity contribution in [1.29, 1.82) is 0 Å². The summed E-state index contributed by atoms with van der Waals surface area (Å²) in [6, 6.07) is 12.2. The first-order chi connectivity index (χ1) is 5.86. The van der Waals surface area contributed by atoms with Gasteiger partial charge in [0.15, 0.2) is 0 Å². The van der Waals surface area contributed by atoms with Crippen LogP contribution >= 0.6 is 0 Å². The van der Waals surface area contributed by atoms with Crippen LogP contribution < -0.4 is 0 Å². The quantitative estimate of drug-likeness (QED) is 0.656. The zero-order valence-corrected chi connectivity index (χ0v) is 7.46. The van der Waals surface area contributed by atoms with E-state index in [9.17, 15) is 0 Å². The lowest BCUT2D eigenvalue weighted by Gasteiger charge is -2.14. The third kappa shape index (κ3) is 1.86. The second kappa shape index (κ2) is 3.28. The van der Waals surface area contributed by atoms with E-state index in [1.165, 1.54) is 18.4 Å². The lowest BCUT2D eigenvalue weighted by molar-refractivity contribution is 0.386. The van der Waals surface area contributed by atoms with E-state index in [1.54, 1.807) is 6.04 Å². The first-order valence-corrected chi connectivity index (χ1v) is 4.46. The molecule has 1 fully saturated rings. The summed E-state index contributed by atoms with van der Waals surface area (Å²) >= 11 is 0. The Balaban J connectivity index is 1.94. The van der Waals surface area contributed by atoms with Crippen LogP contribution in [0.2, 0.25) is 0 Å². The molecule has 0 spiro atoms. The number of nitrogens with zero attached hydrogens (tertiary/aromatic N) is 1. The highest BCUT2D eigenvalue weighted by Crippen LogP contribution is 2.35. The van der Waals surface area contributed by atoms with Crippen LogP contribution in [0, 0.1) is 6.04 Å². The molecule has 0 bridgehead atoms. The molecule has 1 heteroatoms. The molecule has 63 valence electrons. The van der Waals surface area contributed by atoms with Crippen LogP contribution in [-0.4, -0.2) is 11.9 Å². The Labute approximate surface area is 74.0 Å². The molecule has 0 N–H and O–H groups in total. The Bertz CT molecular complexity index is 238. The normalized spacial score (nSPS) is 16.8. The minimum atomic E-state index is 1.07. The molecule has 1 aliphatic rings. The van der Waals surface area contributed by atoms with Crippen LogP contribution in [0.15, 0.2) is 30.3 Å². The Hall–Kier alpha value is -0.820. The van der Waals surface area contributed by atoms with Gasteiger partial charge >= 0.3 is 0 Å². The van der Waals surface area contributed by atoms with Crippen molar-refractivity contribution in [1.82, 2.24) is 4.90 Å². The summed E-state index contributed by atoms with van der Waals surface area (Å²) in [5.74, 6) is 0. The number of rotatable bonds is 3. The molecule has 12 heavy (non-hydrogen) atoms. The van der Waals surface area contributed by atoms with Crippen molar-refractivity contribution in [3.05, 3.63) is 41.9 Å². The van der Waals surface area contributed by atoms with Crippen molar-refractivity contribution in [2.24, 2.45) is 0 Å². The van der Waals surface area contributed by atoms with Gasteiger partial charge in [0.25, 0.3) is 0 Å². The van der Waals surface area contributed by atoms with Crippen molar-refractivity contribution in [3.8, 4) is 0 Å². The SMILES string of the molecule is CN(Cc1ccccc1)[C]1CC1. The highest BCUT2D eigenvalue weighted by molar-refractivity contribution is 5.16. The van der Waals surface area contributed by atoms with E-state index >= 15 is 0 Å². The van der Waals surface area contributed by atoms with Crippen molar-refractivity contribution in [2.75, 3.05) is 7.05 Å². The molecule has 0 amide bonds. The Morgan fingerprint density at radius 2 is 1.83 bits per heavy atom. The molecule has 1 radical (unpaired) electrons. The molecule has 1 aliphatic carbocycles.